The topological polar surface area (TPSA) is 65.3 Å². The van der Waals surface area contributed by atoms with Gasteiger partial charge in [-0.15, -0.1) is 11.3 Å². The summed E-state index contributed by atoms with van der Waals surface area (Å²) in [5, 5.41) is 2.01. The van der Waals surface area contributed by atoms with Crippen LogP contribution in [0.15, 0.2) is 34.6 Å². The number of morpholine rings is 1. The van der Waals surface area contributed by atoms with Gasteiger partial charge in [0.25, 0.3) is 0 Å². The van der Waals surface area contributed by atoms with Crippen molar-refractivity contribution >= 4 is 23.0 Å². The third kappa shape index (κ3) is 6.42. The largest absolute Gasteiger partial charge is 0.497 e. The van der Waals surface area contributed by atoms with Crippen molar-refractivity contribution in [2.75, 3.05) is 46.6 Å². The van der Waals surface area contributed by atoms with Crippen molar-refractivity contribution in [3.8, 4) is 5.75 Å². The molecule has 29 heavy (non-hydrogen) atoms. The van der Waals surface area contributed by atoms with Gasteiger partial charge in [-0.05, 0) is 37.6 Å². The SMILES string of the molecule is CCOC(=O)Cc1csc(=Nc2ccc(OC)cc2)n1CCCN1CCOCC1. The summed E-state index contributed by atoms with van der Waals surface area (Å²) in [6.45, 7) is 7.60. The van der Waals surface area contributed by atoms with Crippen LogP contribution in [-0.2, 0) is 27.2 Å². The summed E-state index contributed by atoms with van der Waals surface area (Å²) in [6, 6.07) is 7.66. The first-order valence-corrected chi connectivity index (χ1v) is 10.9. The molecule has 1 saturated heterocycles. The van der Waals surface area contributed by atoms with Crippen LogP contribution in [0.5, 0.6) is 5.75 Å². The van der Waals surface area contributed by atoms with Crippen LogP contribution in [0.2, 0.25) is 0 Å². The molecule has 0 N–H and O–H groups in total. The maximum absolute atomic E-state index is 12.0. The molecule has 0 unspecified atom stereocenters. The van der Waals surface area contributed by atoms with E-state index in [1.165, 1.54) is 0 Å². The minimum Gasteiger partial charge on any atom is -0.497 e. The lowest BCUT2D eigenvalue weighted by atomic mass is 10.3. The first kappa shape index (κ1) is 21.5. The molecule has 1 aliphatic heterocycles. The highest BCUT2D eigenvalue weighted by molar-refractivity contribution is 7.07. The fourth-order valence-electron chi connectivity index (χ4n) is 3.24. The average molecular weight is 420 g/mol. The first-order chi connectivity index (χ1) is 14.2. The molecule has 1 aliphatic rings. The predicted octanol–water partition coefficient (Wildman–Crippen LogP) is 2.62. The number of benzene rings is 1. The quantitative estimate of drug-likeness (QED) is 0.585. The van der Waals surface area contributed by atoms with Crippen LogP contribution in [0.3, 0.4) is 0 Å². The van der Waals surface area contributed by atoms with E-state index in [0.717, 1.165) is 67.7 Å². The van der Waals surface area contributed by atoms with Crippen LogP contribution in [0.4, 0.5) is 5.69 Å². The Bertz CT molecular complexity index is 838. The fourth-order valence-corrected chi connectivity index (χ4v) is 4.18. The number of thiazole rings is 1. The van der Waals surface area contributed by atoms with Crippen LogP contribution >= 0.6 is 11.3 Å². The maximum Gasteiger partial charge on any atom is 0.311 e. The van der Waals surface area contributed by atoms with Gasteiger partial charge in [0.05, 0.1) is 39.0 Å². The van der Waals surface area contributed by atoms with Crippen LogP contribution in [0.1, 0.15) is 19.0 Å². The van der Waals surface area contributed by atoms with Gasteiger partial charge in [-0.25, -0.2) is 4.99 Å². The van der Waals surface area contributed by atoms with E-state index >= 15 is 0 Å². The lowest BCUT2D eigenvalue weighted by Crippen LogP contribution is -2.37. The number of hydrogen-bond acceptors (Lipinski definition) is 7. The second-order valence-electron chi connectivity index (χ2n) is 6.76. The molecular weight excluding hydrogens is 390 g/mol. The Balaban J connectivity index is 1.77. The van der Waals surface area contributed by atoms with Crippen molar-refractivity contribution in [1.82, 2.24) is 9.47 Å². The van der Waals surface area contributed by atoms with E-state index in [1.807, 2.05) is 36.6 Å². The summed E-state index contributed by atoms with van der Waals surface area (Å²) in [5.41, 5.74) is 1.81. The molecule has 158 valence electrons. The zero-order valence-electron chi connectivity index (χ0n) is 17.1. The molecule has 0 atom stereocenters. The molecule has 1 aromatic heterocycles. The standard InChI is InChI=1S/C21H29N3O4S/c1-3-28-20(25)15-18-16-29-21(22-17-5-7-19(26-2)8-6-17)24(18)10-4-9-23-11-13-27-14-12-23/h5-8,16H,3-4,9-15H2,1-2H3. The van der Waals surface area contributed by atoms with E-state index in [4.69, 9.17) is 19.2 Å². The van der Waals surface area contributed by atoms with Crippen LogP contribution in [0, 0.1) is 0 Å². The lowest BCUT2D eigenvalue weighted by molar-refractivity contribution is -0.142. The van der Waals surface area contributed by atoms with Crippen molar-refractivity contribution in [3.63, 3.8) is 0 Å². The van der Waals surface area contributed by atoms with E-state index in [1.54, 1.807) is 18.4 Å². The highest BCUT2D eigenvalue weighted by atomic mass is 32.1. The van der Waals surface area contributed by atoms with Gasteiger partial charge in [-0.3, -0.25) is 9.69 Å². The van der Waals surface area contributed by atoms with Crippen LogP contribution < -0.4 is 9.54 Å². The lowest BCUT2D eigenvalue weighted by Gasteiger charge is -2.26. The summed E-state index contributed by atoms with van der Waals surface area (Å²) in [4.78, 5) is 20.1. The molecule has 2 aromatic rings. The Morgan fingerprint density at radius 3 is 2.66 bits per heavy atom. The van der Waals surface area contributed by atoms with Crippen LogP contribution in [-0.4, -0.2) is 62.0 Å². The van der Waals surface area contributed by atoms with Gasteiger partial charge in [0.2, 0.25) is 0 Å². The number of esters is 1. The van der Waals surface area contributed by atoms with Gasteiger partial charge in [0.15, 0.2) is 4.80 Å². The first-order valence-electron chi connectivity index (χ1n) is 10.0. The van der Waals surface area contributed by atoms with Gasteiger partial charge >= 0.3 is 5.97 Å². The normalized spacial score (nSPS) is 15.4. The molecule has 0 radical (unpaired) electrons. The second-order valence-corrected chi connectivity index (χ2v) is 7.60. The molecular formula is C21H29N3O4S. The Hall–Kier alpha value is -2.16. The van der Waals surface area contributed by atoms with Crippen molar-refractivity contribution < 1.29 is 19.0 Å². The molecule has 0 spiro atoms. The third-order valence-electron chi connectivity index (χ3n) is 4.77. The molecule has 0 saturated carbocycles. The zero-order valence-corrected chi connectivity index (χ0v) is 18.0. The Labute approximate surface area is 175 Å². The molecule has 8 heteroatoms. The minimum atomic E-state index is -0.205. The monoisotopic (exact) mass is 419 g/mol. The van der Waals surface area contributed by atoms with Crippen molar-refractivity contribution in [2.45, 2.75) is 26.3 Å². The van der Waals surface area contributed by atoms with Gasteiger partial charge in [0, 0.05) is 37.3 Å². The Kier molecular flexibility index (Phi) is 8.27. The summed E-state index contributed by atoms with van der Waals surface area (Å²) >= 11 is 1.55. The Morgan fingerprint density at radius 1 is 1.21 bits per heavy atom. The molecule has 0 aliphatic carbocycles. The summed E-state index contributed by atoms with van der Waals surface area (Å²) in [6.07, 6.45) is 1.25. The number of rotatable bonds is 9. The zero-order chi connectivity index (χ0) is 20.5. The van der Waals surface area contributed by atoms with E-state index in [0.29, 0.717) is 6.61 Å². The summed E-state index contributed by atoms with van der Waals surface area (Å²) < 4.78 is 17.9. The highest BCUT2D eigenvalue weighted by Crippen LogP contribution is 2.17. The summed E-state index contributed by atoms with van der Waals surface area (Å²) in [7, 11) is 1.65. The van der Waals surface area contributed by atoms with Crippen molar-refractivity contribution in [1.29, 1.82) is 0 Å². The number of methoxy groups -OCH3 is 1. The molecule has 1 fully saturated rings. The molecule has 2 heterocycles. The van der Waals surface area contributed by atoms with E-state index in [9.17, 15) is 4.79 Å². The Morgan fingerprint density at radius 2 is 1.97 bits per heavy atom. The number of hydrogen-bond donors (Lipinski definition) is 0. The number of nitrogens with zero attached hydrogens (tertiary/aromatic N) is 3. The van der Waals surface area contributed by atoms with E-state index in [2.05, 4.69) is 9.47 Å². The molecule has 3 rings (SSSR count). The fraction of sp³-hybridized carbons (Fsp3) is 0.524. The smallest absolute Gasteiger partial charge is 0.311 e. The number of carbonyl (C=O) groups is 1. The van der Waals surface area contributed by atoms with Gasteiger partial charge in [-0.1, -0.05) is 0 Å². The molecule has 1 aromatic carbocycles. The molecule has 0 amide bonds. The van der Waals surface area contributed by atoms with E-state index in [-0.39, 0.29) is 12.4 Å². The third-order valence-corrected chi connectivity index (χ3v) is 5.68. The average Bonchev–Trinajstić information content (AvgIpc) is 3.10. The highest BCUT2D eigenvalue weighted by Gasteiger charge is 2.13. The summed E-state index contributed by atoms with van der Waals surface area (Å²) in [5.74, 6) is 0.597. The van der Waals surface area contributed by atoms with Gasteiger partial charge in [0.1, 0.15) is 5.75 Å². The van der Waals surface area contributed by atoms with Crippen molar-refractivity contribution in [3.05, 3.63) is 40.1 Å². The van der Waals surface area contributed by atoms with Gasteiger partial charge < -0.3 is 18.8 Å². The second kappa shape index (κ2) is 11.1. The predicted molar refractivity (Wildman–Crippen MR) is 113 cm³/mol. The maximum atomic E-state index is 12.0. The van der Waals surface area contributed by atoms with E-state index < -0.39 is 0 Å². The van der Waals surface area contributed by atoms with Gasteiger partial charge in [-0.2, -0.15) is 0 Å². The molecule has 7 nitrogen and oxygen atoms in total. The van der Waals surface area contributed by atoms with Crippen LogP contribution in [0.25, 0.3) is 0 Å². The number of carbonyl (C=O) groups excluding carboxylic acids is 1. The number of aromatic nitrogens is 1. The molecule has 0 bridgehead atoms. The number of ether oxygens (including phenoxy) is 3. The minimum absolute atomic E-state index is 0.205. The van der Waals surface area contributed by atoms with Crippen molar-refractivity contribution in [2.24, 2.45) is 4.99 Å².